The van der Waals surface area contributed by atoms with Crippen molar-refractivity contribution in [3.63, 3.8) is 0 Å². The van der Waals surface area contributed by atoms with E-state index in [1.54, 1.807) is 0 Å². The molecule has 19 heavy (non-hydrogen) atoms. The van der Waals surface area contributed by atoms with E-state index in [4.69, 9.17) is 21.1 Å². The Hall–Kier alpha value is -0.810. The normalized spacial score (nSPS) is 18.3. The Kier molecular flexibility index (Phi) is 5.45. The predicted octanol–water partition coefficient (Wildman–Crippen LogP) is 0.303. The van der Waals surface area contributed by atoms with Crippen LogP contribution in [0, 0.1) is 6.92 Å². The molecule has 1 heterocycles. The maximum atomic E-state index is 9.97. The lowest BCUT2D eigenvalue weighted by molar-refractivity contribution is -0.911. The summed E-state index contributed by atoms with van der Waals surface area (Å²) in [6.07, 6.45) is -0.455. The topological polar surface area (TPSA) is 43.1 Å². The summed E-state index contributed by atoms with van der Waals surface area (Å²) in [4.78, 5) is 1.37. The molecule has 0 saturated carbocycles. The fourth-order valence-corrected chi connectivity index (χ4v) is 2.27. The number of quaternary nitrogens is 1. The first-order chi connectivity index (χ1) is 9.15. The molecule has 1 aliphatic heterocycles. The summed E-state index contributed by atoms with van der Waals surface area (Å²) in [7, 11) is 0. The van der Waals surface area contributed by atoms with Gasteiger partial charge >= 0.3 is 0 Å². The molecular formula is C14H21ClNO3+. The zero-order valence-electron chi connectivity index (χ0n) is 11.2. The number of ether oxygens (including phenoxy) is 2. The molecule has 0 aliphatic carbocycles. The van der Waals surface area contributed by atoms with E-state index in [-0.39, 0.29) is 0 Å². The highest BCUT2D eigenvalue weighted by atomic mass is 35.5. The molecule has 0 amide bonds. The van der Waals surface area contributed by atoms with Gasteiger partial charge in [-0.1, -0.05) is 11.6 Å². The minimum atomic E-state index is -0.455. The Bertz CT molecular complexity index is 408. The van der Waals surface area contributed by atoms with Crippen LogP contribution in [0.5, 0.6) is 5.75 Å². The summed E-state index contributed by atoms with van der Waals surface area (Å²) < 4.78 is 10.9. The second-order valence-corrected chi connectivity index (χ2v) is 5.35. The van der Waals surface area contributed by atoms with Crippen LogP contribution in [0.1, 0.15) is 5.56 Å². The van der Waals surface area contributed by atoms with Crippen LogP contribution in [-0.2, 0) is 4.74 Å². The Morgan fingerprint density at radius 3 is 2.84 bits per heavy atom. The van der Waals surface area contributed by atoms with Crippen LogP contribution < -0.4 is 9.64 Å². The number of hydrogen-bond donors (Lipinski definition) is 2. The molecule has 1 fully saturated rings. The molecule has 4 nitrogen and oxygen atoms in total. The Morgan fingerprint density at radius 1 is 1.42 bits per heavy atom. The Balaban J connectivity index is 1.75. The first-order valence-electron chi connectivity index (χ1n) is 6.63. The molecule has 0 aromatic heterocycles. The molecule has 0 bridgehead atoms. The number of nitrogens with one attached hydrogen (secondary N) is 1. The standard InChI is InChI=1S/C14H20ClNO3/c1-11-8-13(2-3-14(11)15)19-10-12(17)9-16-4-6-18-7-5-16/h2-3,8,12,17H,4-7,9-10H2,1H3/p+1. The molecule has 0 radical (unpaired) electrons. The number of aliphatic hydroxyl groups is 1. The molecule has 2 rings (SSSR count). The van der Waals surface area contributed by atoms with Crippen molar-refractivity contribution in [2.45, 2.75) is 13.0 Å². The molecule has 106 valence electrons. The minimum absolute atomic E-state index is 0.311. The van der Waals surface area contributed by atoms with Gasteiger partial charge in [-0.2, -0.15) is 0 Å². The monoisotopic (exact) mass is 286 g/mol. The number of morpholine rings is 1. The van der Waals surface area contributed by atoms with Crippen LogP contribution >= 0.6 is 11.6 Å². The molecular weight excluding hydrogens is 266 g/mol. The molecule has 1 aliphatic rings. The van der Waals surface area contributed by atoms with E-state index in [2.05, 4.69) is 0 Å². The lowest BCUT2D eigenvalue weighted by Gasteiger charge is -2.25. The first-order valence-corrected chi connectivity index (χ1v) is 7.01. The van der Waals surface area contributed by atoms with Crippen molar-refractivity contribution in [2.75, 3.05) is 39.5 Å². The van der Waals surface area contributed by atoms with E-state index in [1.807, 2.05) is 25.1 Å². The maximum Gasteiger partial charge on any atom is 0.137 e. The van der Waals surface area contributed by atoms with Gasteiger partial charge in [0.05, 0.1) is 13.2 Å². The molecule has 1 atom stereocenters. The third kappa shape index (κ3) is 4.66. The van der Waals surface area contributed by atoms with Gasteiger partial charge in [-0.3, -0.25) is 0 Å². The van der Waals surface area contributed by atoms with Crippen molar-refractivity contribution in [1.29, 1.82) is 0 Å². The van der Waals surface area contributed by atoms with Crippen molar-refractivity contribution < 1.29 is 19.5 Å². The van der Waals surface area contributed by atoms with Crippen molar-refractivity contribution in [2.24, 2.45) is 0 Å². The molecule has 1 saturated heterocycles. The summed E-state index contributed by atoms with van der Waals surface area (Å²) in [6, 6.07) is 5.52. The summed E-state index contributed by atoms with van der Waals surface area (Å²) >= 11 is 5.95. The van der Waals surface area contributed by atoms with Crippen LogP contribution in [0.4, 0.5) is 0 Å². The van der Waals surface area contributed by atoms with Crippen LogP contribution in [-0.4, -0.2) is 50.7 Å². The van der Waals surface area contributed by atoms with E-state index in [0.29, 0.717) is 13.2 Å². The third-order valence-corrected chi connectivity index (χ3v) is 3.72. The smallest absolute Gasteiger partial charge is 0.137 e. The summed E-state index contributed by atoms with van der Waals surface area (Å²) in [5, 5.41) is 10.7. The van der Waals surface area contributed by atoms with Gasteiger partial charge in [0.1, 0.15) is 38.1 Å². The van der Waals surface area contributed by atoms with Crippen LogP contribution in [0.3, 0.4) is 0 Å². The van der Waals surface area contributed by atoms with Gasteiger partial charge in [0, 0.05) is 5.02 Å². The second kappa shape index (κ2) is 7.10. The predicted molar refractivity (Wildman–Crippen MR) is 74.1 cm³/mol. The lowest BCUT2D eigenvalue weighted by Crippen LogP contribution is -3.15. The Morgan fingerprint density at radius 2 is 2.16 bits per heavy atom. The zero-order chi connectivity index (χ0) is 13.7. The molecule has 1 unspecified atom stereocenters. The quantitative estimate of drug-likeness (QED) is 0.818. The van der Waals surface area contributed by atoms with Gasteiger partial charge in [-0.05, 0) is 30.7 Å². The van der Waals surface area contributed by atoms with Gasteiger partial charge in [0.25, 0.3) is 0 Å². The molecule has 0 spiro atoms. The highest BCUT2D eigenvalue weighted by Crippen LogP contribution is 2.20. The van der Waals surface area contributed by atoms with E-state index in [1.165, 1.54) is 4.90 Å². The van der Waals surface area contributed by atoms with Crippen LogP contribution in [0.2, 0.25) is 5.02 Å². The number of rotatable bonds is 5. The van der Waals surface area contributed by atoms with Gasteiger partial charge in [-0.25, -0.2) is 0 Å². The molecule has 1 aromatic rings. The molecule has 2 N–H and O–H groups in total. The first kappa shape index (κ1) is 14.6. The average molecular weight is 287 g/mol. The molecule has 5 heteroatoms. The molecule has 1 aromatic carbocycles. The summed E-state index contributed by atoms with van der Waals surface area (Å²) in [5.74, 6) is 0.748. The number of aryl methyl sites for hydroxylation is 1. The SMILES string of the molecule is Cc1cc(OCC(O)C[NH+]2CCOCC2)ccc1Cl. The fourth-order valence-electron chi connectivity index (χ4n) is 2.16. The van der Waals surface area contributed by atoms with E-state index in [0.717, 1.165) is 42.6 Å². The van der Waals surface area contributed by atoms with Gasteiger partial charge in [0.15, 0.2) is 0 Å². The van der Waals surface area contributed by atoms with E-state index >= 15 is 0 Å². The number of benzene rings is 1. The third-order valence-electron chi connectivity index (χ3n) is 3.30. The maximum absolute atomic E-state index is 9.97. The minimum Gasteiger partial charge on any atom is -0.491 e. The summed E-state index contributed by atoms with van der Waals surface area (Å²) in [5.41, 5.74) is 0.979. The average Bonchev–Trinajstić information content (AvgIpc) is 2.41. The van der Waals surface area contributed by atoms with E-state index < -0.39 is 6.10 Å². The largest absolute Gasteiger partial charge is 0.491 e. The second-order valence-electron chi connectivity index (χ2n) is 4.94. The van der Waals surface area contributed by atoms with Gasteiger partial charge in [0.2, 0.25) is 0 Å². The fraction of sp³-hybridized carbons (Fsp3) is 0.571. The number of halogens is 1. The lowest BCUT2D eigenvalue weighted by atomic mass is 10.2. The number of aliphatic hydroxyl groups excluding tert-OH is 1. The van der Waals surface area contributed by atoms with E-state index in [9.17, 15) is 5.11 Å². The highest BCUT2D eigenvalue weighted by Gasteiger charge is 2.18. The zero-order valence-corrected chi connectivity index (χ0v) is 11.9. The summed E-state index contributed by atoms with van der Waals surface area (Å²) in [6.45, 7) is 6.41. The van der Waals surface area contributed by atoms with Crippen molar-refractivity contribution >= 4 is 11.6 Å². The van der Waals surface area contributed by atoms with Crippen LogP contribution in [0.25, 0.3) is 0 Å². The van der Waals surface area contributed by atoms with Gasteiger partial charge in [-0.15, -0.1) is 0 Å². The van der Waals surface area contributed by atoms with Crippen LogP contribution in [0.15, 0.2) is 18.2 Å². The highest BCUT2D eigenvalue weighted by molar-refractivity contribution is 6.31. The van der Waals surface area contributed by atoms with Crippen molar-refractivity contribution in [1.82, 2.24) is 0 Å². The van der Waals surface area contributed by atoms with Crippen molar-refractivity contribution in [3.8, 4) is 5.75 Å². The number of hydrogen-bond acceptors (Lipinski definition) is 3. The van der Waals surface area contributed by atoms with Crippen molar-refractivity contribution in [3.05, 3.63) is 28.8 Å². The van der Waals surface area contributed by atoms with Gasteiger partial charge < -0.3 is 19.5 Å². The Labute approximate surface area is 118 Å².